The lowest BCUT2D eigenvalue weighted by atomic mass is 9.90. The number of halogens is 3. The lowest BCUT2D eigenvalue weighted by molar-refractivity contribution is 0.502. The maximum Gasteiger partial charge on any atom is 0.132 e. The summed E-state index contributed by atoms with van der Waals surface area (Å²) in [5.41, 5.74) is 1.23. The zero-order valence-electron chi connectivity index (χ0n) is 11.7. The predicted octanol–water partition coefficient (Wildman–Crippen LogP) is 5.27. The first-order valence-electron chi connectivity index (χ1n) is 7.14. The van der Waals surface area contributed by atoms with Crippen LogP contribution >= 0.6 is 15.9 Å². The van der Waals surface area contributed by atoms with Gasteiger partial charge in [-0.1, -0.05) is 40.4 Å². The topological polar surface area (TPSA) is 12.0 Å². The molecule has 1 nitrogen and oxygen atoms in total. The highest BCUT2D eigenvalue weighted by Gasteiger charge is 2.23. The summed E-state index contributed by atoms with van der Waals surface area (Å²) in [6.07, 6.45) is 8.73. The summed E-state index contributed by atoms with van der Waals surface area (Å²) in [5.74, 6) is -1.00. The molecule has 0 radical (unpaired) electrons. The average Bonchev–Trinajstić information content (AvgIpc) is 2.34. The van der Waals surface area contributed by atoms with Crippen LogP contribution in [0.25, 0.3) is 0 Å². The molecule has 1 aliphatic rings. The van der Waals surface area contributed by atoms with E-state index in [-0.39, 0.29) is 11.6 Å². The zero-order chi connectivity index (χ0) is 14.5. The third-order valence-electron chi connectivity index (χ3n) is 3.82. The number of hydrogen-bond acceptors (Lipinski definition) is 1. The van der Waals surface area contributed by atoms with Crippen LogP contribution in [-0.4, -0.2) is 7.05 Å². The third kappa shape index (κ3) is 3.67. The van der Waals surface area contributed by atoms with E-state index in [1.807, 2.05) is 0 Å². The van der Waals surface area contributed by atoms with Crippen LogP contribution in [0.1, 0.15) is 50.1 Å². The summed E-state index contributed by atoms with van der Waals surface area (Å²) in [6, 6.07) is 2.28. The van der Waals surface area contributed by atoms with Crippen LogP contribution in [0, 0.1) is 11.6 Å². The van der Waals surface area contributed by atoms with E-state index in [2.05, 4.69) is 27.3 Å². The van der Waals surface area contributed by atoms with Crippen LogP contribution in [0.2, 0.25) is 0 Å². The second kappa shape index (κ2) is 7.32. The minimum Gasteiger partial charge on any atom is -0.309 e. The first kappa shape index (κ1) is 15.6. The Labute approximate surface area is 127 Å². The van der Waals surface area contributed by atoms with Gasteiger partial charge < -0.3 is 5.32 Å². The van der Waals surface area contributed by atoms with Crippen LogP contribution in [-0.2, 0) is 0 Å². The van der Waals surface area contributed by atoms with E-state index in [1.165, 1.54) is 25.0 Å². The van der Waals surface area contributed by atoms with Gasteiger partial charge in [0.15, 0.2) is 0 Å². The van der Waals surface area contributed by atoms with Crippen LogP contribution < -0.4 is 5.32 Å². The fourth-order valence-corrected chi connectivity index (χ4v) is 3.22. The largest absolute Gasteiger partial charge is 0.309 e. The summed E-state index contributed by atoms with van der Waals surface area (Å²) in [4.78, 5) is 0. The molecule has 1 aliphatic carbocycles. The van der Waals surface area contributed by atoms with Crippen molar-refractivity contribution >= 4 is 15.9 Å². The van der Waals surface area contributed by atoms with Crippen LogP contribution in [0.4, 0.5) is 8.78 Å². The van der Waals surface area contributed by atoms with Crippen molar-refractivity contribution in [3.8, 4) is 0 Å². The molecule has 0 spiro atoms. The van der Waals surface area contributed by atoms with Crippen molar-refractivity contribution in [1.29, 1.82) is 0 Å². The molecule has 1 aromatic rings. The smallest absolute Gasteiger partial charge is 0.132 e. The van der Waals surface area contributed by atoms with Crippen LogP contribution in [0.5, 0.6) is 0 Å². The second-order valence-electron chi connectivity index (χ2n) is 5.24. The molecule has 1 atom stereocenters. The van der Waals surface area contributed by atoms with E-state index in [0.717, 1.165) is 31.3 Å². The normalized spacial score (nSPS) is 18.1. The number of rotatable bonds is 3. The number of hydrogen-bond donors (Lipinski definition) is 1. The quantitative estimate of drug-likeness (QED) is 0.737. The molecule has 1 N–H and O–H groups in total. The van der Waals surface area contributed by atoms with Crippen molar-refractivity contribution in [1.82, 2.24) is 5.32 Å². The molecule has 20 heavy (non-hydrogen) atoms. The Hall–Kier alpha value is -0.740. The molecule has 0 aromatic heterocycles. The molecule has 2 rings (SSSR count). The lowest BCUT2D eigenvalue weighted by Crippen LogP contribution is -2.22. The second-order valence-corrected chi connectivity index (χ2v) is 6.15. The molecule has 0 saturated heterocycles. The number of nitrogens with one attached hydrogen (secondary N) is 1. The summed E-state index contributed by atoms with van der Waals surface area (Å²) >= 11 is 3.12. The van der Waals surface area contributed by atoms with E-state index in [9.17, 15) is 8.78 Å². The van der Waals surface area contributed by atoms with Crippen molar-refractivity contribution in [3.63, 3.8) is 0 Å². The van der Waals surface area contributed by atoms with E-state index in [4.69, 9.17) is 0 Å². The van der Waals surface area contributed by atoms with Crippen molar-refractivity contribution in [2.24, 2.45) is 0 Å². The molecule has 0 bridgehead atoms. The van der Waals surface area contributed by atoms with Gasteiger partial charge in [0, 0.05) is 10.0 Å². The van der Waals surface area contributed by atoms with Crippen molar-refractivity contribution < 1.29 is 8.78 Å². The van der Waals surface area contributed by atoms with E-state index >= 15 is 0 Å². The van der Waals surface area contributed by atoms with Gasteiger partial charge in [-0.05, 0) is 44.9 Å². The van der Waals surface area contributed by atoms with E-state index < -0.39 is 11.6 Å². The van der Waals surface area contributed by atoms with Crippen molar-refractivity contribution in [2.45, 2.75) is 44.6 Å². The molecular weight excluding hydrogens is 324 g/mol. The summed E-state index contributed by atoms with van der Waals surface area (Å²) in [5, 5.41) is 3.07. The van der Waals surface area contributed by atoms with Gasteiger partial charge in [-0.25, -0.2) is 8.78 Å². The van der Waals surface area contributed by atoms with Gasteiger partial charge in [-0.2, -0.15) is 0 Å². The number of benzene rings is 1. The molecule has 0 saturated carbocycles. The predicted molar refractivity (Wildman–Crippen MR) is 81.6 cm³/mol. The Balaban J connectivity index is 2.36. The Morgan fingerprint density at radius 2 is 1.75 bits per heavy atom. The lowest BCUT2D eigenvalue weighted by Gasteiger charge is -2.23. The van der Waals surface area contributed by atoms with Crippen molar-refractivity contribution in [3.05, 3.63) is 45.5 Å². The fraction of sp³-hybridized carbons (Fsp3) is 0.500. The van der Waals surface area contributed by atoms with Gasteiger partial charge in [-0.15, -0.1) is 0 Å². The molecule has 0 aliphatic heterocycles. The molecule has 1 unspecified atom stereocenters. The van der Waals surface area contributed by atoms with Gasteiger partial charge >= 0.3 is 0 Å². The van der Waals surface area contributed by atoms with E-state index in [0.29, 0.717) is 4.47 Å². The van der Waals surface area contributed by atoms with Crippen molar-refractivity contribution in [2.75, 3.05) is 7.05 Å². The summed E-state index contributed by atoms with van der Waals surface area (Å²) in [7, 11) is 1.76. The monoisotopic (exact) mass is 343 g/mol. The molecule has 110 valence electrons. The molecule has 0 amide bonds. The van der Waals surface area contributed by atoms with Crippen LogP contribution in [0.15, 0.2) is 28.3 Å². The van der Waals surface area contributed by atoms with E-state index in [1.54, 1.807) is 7.05 Å². The Kier molecular flexibility index (Phi) is 5.73. The average molecular weight is 344 g/mol. The number of allylic oxidation sites excluding steroid dienone is 1. The van der Waals surface area contributed by atoms with Crippen LogP contribution in [0.3, 0.4) is 0 Å². The maximum atomic E-state index is 14.1. The Morgan fingerprint density at radius 1 is 1.10 bits per heavy atom. The number of likely N-dealkylation sites (N-methyl/N-ethyl adjacent to an activating group) is 1. The molecule has 4 heteroatoms. The molecule has 0 fully saturated rings. The summed E-state index contributed by atoms with van der Waals surface area (Å²) in [6.45, 7) is 0. The Bertz CT molecular complexity index is 476. The van der Waals surface area contributed by atoms with Gasteiger partial charge in [0.05, 0.1) is 6.04 Å². The van der Waals surface area contributed by atoms with Gasteiger partial charge in [-0.3, -0.25) is 0 Å². The SMILES string of the molecule is CNC(C1=CCCCCCC1)c1c(F)cc(Br)cc1F. The maximum absolute atomic E-state index is 14.1. The first-order chi connectivity index (χ1) is 9.63. The van der Waals surface area contributed by atoms with Gasteiger partial charge in [0.1, 0.15) is 11.6 Å². The first-order valence-corrected chi connectivity index (χ1v) is 7.93. The highest BCUT2D eigenvalue weighted by atomic mass is 79.9. The van der Waals surface area contributed by atoms with Gasteiger partial charge in [0.25, 0.3) is 0 Å². The molecule has 0 heterocycles. The fourth-order valence-electron chi connectivity index (χ4n) is 2.82. The minimum absolute atomic E-state index is 0.127. The third-order valence-corrected chi connectivity index (χ3v) is 4.28. The highest BCUT2D eigenvalue weighted by Crippen LogP contribution is 2.32. The standard InChI is InChI=1S/C16H20BrF2N/c1-20-16(11-7-5-3-2-4-6-8-11)15-13(18)9-12(17)10-14(15)19/h7,9-10,16,20H,2-6,8H2,1H3. The van der Waals surface area contributed by atoms with Gasteiger partial charge in [0.2, 0.25) is 0 Å². The highest BCUT2D eigenvalue weighted by molar-refractivity contribution is 9.10. The zero-order valence-corrected chi connectivity index (χ0v) is 13.3. The molecular formula is C16H20BrF2N. The minimum atomic E-state index is -0.501. The Morgan fingerprint density at radius 3 is 2.40 bits per heavy atom. The summed E-state index contributed by atoms with van der Waals surface area (Å²) < 4.78 is 28.7. The molecule has 1 aromatic carbocycles.